The zero-order chi connectivity index (χ0) is 14.2. The molecule has 0 spiro atoms. The smallest absolute Gasteiger partial charge is 0.245 e. The van der Waals surface area contributed by atoms with Crippen molar-refractivity contribution in [2.24, 2.45) is 5.41 Å². The fourth-order valence-corrected chi connectivity index (χ4v) is 2.33. The second-order valence-electron chi connectivity index (χ2n) is 5.04. The summed E-state index contributed by atoms with van der Waals surface area (Å²) in [5.41, 5.74) is -0.818. The minimum absolute atomic E-state index is 0.0894. The Morgan fingerprint density at radius 1 is 1.32 bits per heavy atom. The lowest BCUT2D eigenvalue weighted by Crippen LogP contribution is -2.30. The van der Waals surface area contributed by atoms with Gasteiger partial charge in [0.1, 0.15) is 0 Å². The van der Waals surface area contributed by atoms with Gasteiger partial charge in [0, 0.05) is 18.5 Å². The number of alkyl halides is 2. The fourth-order valence-electron chi connectivity index (χ4n) is 2.33. The molecule has 0 aromatic heterocycles. The van der Waals surface area contributed by atoms with E-state index in [1.807, 2.05) is 0 Å². The van der Waals surface area contributed by atoms with E-state index < -0.39 is 23.5 Å². The molecule has 2 rings (SSSR count). The lowest BCUT2D eigenvalue weighted by Gasteiger charge is -2.25. The van der Waals surface area contributed by atoms with Crippen LogP contribution in [0.2, 0.25) is 0 Å². The molecule has 1 unspecified atom stereocenters. The fraction of sp³-hybridized carbons (Fsp3) is 0.538. The molecule has 2 nitrogen and oxygen atoms in total. The molecule has 0 saturated carbocycles. The number of ether oxygens (including phenoxy) is 1. The van der Waals surface area contributed by atoms with E-state index in [1.165, 1.54) is 20.1 Å². The molecule has 0 bridgehead atoms. The monoisotopic (exact) mass is 277 g/mol. The van der Waals surface area contributed by atoms with Crippen molar-refractivity contribution < 1.29 is 22.3 Å². The van der Waals surface area contributed by atoms with Crippen LogP contribution >= 0.6 is 0 Å². The number of rotatable bonds is 3. The summed E-state index contributed by atoms with van der Waals surface area (Å²) in [4.78, 5) is 1.60. The van der Waals surface area contributed by atoms with E-state index >= 15 is 0 Å². The molecule has 1 aromatic carbocycles. The SMILES string of the molecule is COc1c(N2CCC(C)(C(F)F)C2)ccc(F)c1F. The van der Waals surface area contributed by atoms with Crippen molar-refractivity contribution in [1.82, 2.24) is 0 Å². The predicted octanol–water partition coefficient (Wildman–Crippen LogP) is 3.45. The Balaban J connectivity index is 2.32. The van der Waals surface area contributed by atoms with Crippen LogP contribution in [0, 0.1) is 17.0 Å². The van der Waals surface area contributed by atoms with Crippen LogP contribution in [0.25, 0.3) is 0 Å². The highest BCUT2D eigenvalue weighted by Gasteiger charge is 2.42. The molecular weight excluding hydrogens is 262 g/mol. The summed E-state index contributed by atoms with van der Waals surface area (Å²) in [5, 5.41) is 0. The quantitative estimate of drug-likeness (QED) is 0.785. The van der Waals surface area contributed by atoms with Crippen molar-refractivity contribution >= 4 is 5.69 Å². The highest BCUT2D eigenvalue weighted by Crippen LogP contribution is 2.41. The normalized spacial score (nSPS) is 23.2. The molecule has 0 N–H and O–H groups in total. The van der Waals surface area contributed by atoms with Gasteiger partial charge in [0.05, 0.1) is 12.8 Å². The Morgan fingerprint density at radius 2 is 2.00 bits per heavy atom. The molecule has 1 atom stereocenters. The number of anilines is 1. The van der Waals surface area contributed by atoms with Gasteiger partial charge >= 0.3 is 0 Å². The predicted molar refractivity (Wildman–Crippen MR) is 63.9 cm³/mol. The van der Waals surface area contributed by atoms with Gasteiger partial charge in [-0.2, -0.15) is 4.39 Å². The maximum absolute atomic E-state index is 13.6. The Morgan fingerprint density at radius 3 is 2.53 bits per heavy atom. The third-order valence-electron chi connectivity index (χ3n) is 3.61. The number of methoxy groups -OCH3 is 1. The van der Waals surface area contributed by atoms with Crippen LogP contribution in [0.3, 0.4) is 0 Å². The maximum Gasteiger partial charge on any atom is 0.245 e. The molecule has 0 radical (unpaired) electrons. The highest BCUT2D eigenvalue weighted by atomic mass is 19.3. The Kier molecular flexibility index (Phi) is 3.60. The molecule has 1 heterocycles. The Hall–Kier alpha value is -1.46. The van der Waals surface area contributed by atoms with Gasteiger partial charge in [-0.25, -0.2) is 13.2 Å². The first-order valence-electron chi connectivity index (χ1n) is 5.94. The van der Waals surface area contributed by atoms with Gasteiger partial charge in [-0.05, 0) is 18.6 Å². The summed E-state index contributed by atoms with van der Waals surface area (Å²) in [7, 11) is 1.23. The molecule has 106 valence electrons. The number of halogens is 4. The summed E-state index contributed by atoms with van der Waals surface area (Å²) >= 11 is 0. The van der Waals surface area contributed by atoms with Gasteiger partial charge in [0.25, 0.3) is 0 Å². The van der Waals surface area contributed by atoms with Crippen molar-refractivity contribution in [2.45, 2.75) is 19.8 Å². The van der Waals surface area contributed by atoms with Crippen LogP contribution in [-0.4, -0.2) is 26.6 Å². The minimum atomic E-state index is -2.45. The largest absolute Gasteiger partial charge is 0.491 e. The summed E-state index contributed by atoms with van der Waals surface area (Å²) < 4.78 is 57.5. The topological polar surface area (TPSA) is 12.5 Å². The van der Waals surface area contributed by atoms with E-state index in [0.717, 1.165) is 6.07 Å². The maximum atomic E-state index is 13.6. The number of hydrogen-bond acceptors (Lipinski definition) is 2. The third-order valence-corrected chi connectivity index (χ3v) is 3.61. The van der Waals surface area contributed by atoms with Crippen LogP contribution < -0.4 is 9.64 Å². The summed E-state index contributed by atoms with van der Waals surface area (Å²) in [6, 6.07) is 2.33. The van der Waals surface area contributed by atoms with Crippen LogP contribution in [0.4, 0.5) is 23.2 Å². The van der Waals surface area contributed by atoms with Crippen LogP contribution in [0.15, 0.2) is 12.1 Å². The average molecular weight is 277 g/mol. The van der Waals surface area contributed by atoms with E-state index in [2.05, 4.69) is 0 Å². The molecule has 1 aromatic rings. The molecule has 0 amide bonds. The molecule has 1 saturated heterocycles. The van der Waals surface area contributed by atoms with Crippen LogP contribution in [0.5, 0.6) is 5.75 Å². The van der Waals surface area contributed by atoms with Crippen LogP contribution in [-0.2, 0) is 0 Å². The van der Waals surface area contributed by atoms with Crippen molar-refractivity contribution in [3.63, 3.8) is 0 Å². The first kappa shape index (κ1) is 14.0. The minimum Gasteiger partial charge on any atom is -0.491 e. The third kappa shape index (κ3) is 2.35. The highest BCUT2D eigenvalue weighted by molar-refractivity contribution is 5.60. The summed E-state index contributed by atoms with van der Waals surface area (Å²) in [5.74, 6) is -2.35. The molecule has 1 fully saturated rings. The number of benzene rings is 1. The van der Waals surface area contributed by atoms with E-state index in [1.54, 1.807) is 4.90 Å². The molecule has 0 aliphatic carbocycles. The standard InChI is InChI=1S/C13H15F4NO/c1-13(12(16)17)5-6-18(7-13)9-4-3-8(14)10(15)11(9)19-2/h3-4,12H,5-7H2,1-2H3. The van der Waals surface area contributed by atoms with E-state index in [4.69, 9.17) is 4.74 Å². The number of hydrogen-bond donors (Lipinski definition) is 0. The average Bonchev–Trinajstić information content (AvgIpc) is 2.76. The van der Waals surface area contributed by atoms with E-state index in [0.29, 0.717) is 18.7 Å². The van der Waals surface area contributed by atoms with Gasteiger partial charge in [0.15, 0.2) is 11.6 Å². The van der Waals surface area contributed by atoms with Crippen molar-refractivity contribution in [3.8, 4) is 5.75 Å². The van der Waals surface area contributed by atoms with Gasteiger partial charge in [-0.1, -0.05) is 6.92 Å². The molecular formula is C13H15F4NO. The van der Waals surface area contributed by atoms with E-state index in [-0.39, 0.29) is 12.3 Å². The Labute approximate surface area is 109 Å². The zero-order valence-electron chi connectivity index (χ0n) is 10.7. The van der Waals surface area contributed by atoms with Crippen molar-refractivity contribution in [1.29, 1.82) is 0 Å². The second-order valence-corrected chi connectivity index (χ2v) is 5.04. The van der Waals surface area contributed by atoms with Crippen molar-refractivity contribution in [2.75, 3.05) is 25.1 Å². The van der Waals surface area contributed by atoms with Gasteiger partial charge < -0.3 is 9.64 Å². The second kappa shape index (κ2) is 4.90. The van der Waals surface area contributed by atoms with Gasteiger partial charge in [-0.3, -0.25) is 0 Å². The zero-order valence-corrected chi connectivity index (χ0v) is 10.7. The summed E-state index contributed by atoms with van der Waals surface area (Å²) in [6.07, 6.45) is -2.15. The van der Waals surface area contributed by atoms with Gasteiger partial charge in [-0.15, -0.1) is 0 Å². The first-order chi connectivity index (χ1) is 8.89. The Bertz CT molecular complexity index is 480. The van der Waals surface area contributed by atoms with Crippen LogP contribution in [0.1, 0.15) is 13.3 Å². The van der Waals surface area contributed by atoms with E-state index in [9.17, 15) is 17.6 Å². The lowest BCUT2D eigenvalue weighted by atomic mass is 9.91. The molecule has 19 heavy (non-hydrogen) atoms. The molecule has 6 heteroatoms. The first-order valence-corrected chi connectivity index (χ1v) is 5.94. The van der Waals surface area contributed by atoms with Gasteiger partial charge in [0.2, 0.25) is 12.2 Å². The van der Waals surface area contributed by atoms with Crippen molar-refractivity contribution in [3.05, 3.63) is 23.8 Å². The summed E-state index contributed by atoms with van der Waals surface area (Å²) in [6.45, 7) is 1.94. The molecule has 1 aliphatic rings. The number of nitrogens with zero attached hydrogens (tertiary/aromatic N) is 1. The molecule has 1 aliphatic heterocycles. The lowest BCUT2D eigenvalue weighted by molar-refractivity contribution is 0.0220.